The van der Waals surface area contributed by atoms with Crippen LogP contribution < -0.4 is 4.90 Å². The van der Waals surface area contributed by atoms with E-state index in [4.69, 9.17) is 0 Å². The van der Waals surface area contributed by atoms with Gasteiger partial charge in [0.15, 0.2) is 0 Å². The van der Waals surface area contributed by atoms with Crippen molar-refractivity contribution < 1.29 is 0 Å². The van der Waals surface area contributed by atoms with Gasteiger partial charge in [-0.05, 0) is 58.6 Å². The first-order valence-electron chi connectivity index (χ1n) is 11.5. The minimum absolute atomic E-state index is 1.16. The fourth-order valence-electron chi connectivity index (χ4n) is 5.14. The van der Waals surface area contributed by atoms with Gasteiger partial charge in [0.25, 0.3) is 0 Å². The smallest absolute Gasteiger partial charge is 0.0468 e. The first-order valence-corrected chi connectivity index (χ1v) is 12.4. The van der Waals surface area contributed by atoms with Crippen LogP contribution in [0.2, 0.25) is 0 Å². The molecule has 0 aliphatic heterocycles. The summed E-state index contributed by atoms with van der Waals surface area (Å²) in [6.07, 6.45) is 0. The van der Waals surface area contributed by atoms with Crippen molar-refractivity contribution in [2.45, 2.75) is 0 Å². The maximum Gasteiger partial charge on any atom is 0.0468 e. The van der Waals surface area contributed by atoms with Crippen molar-refractivity contribution >= 4 is 70.1 Å². The lowest BCUT2D eigenvalue weighted by Crippen LogP contribution is -2.09. The molecular weight excluding hydrogens is 430 g/mol. The van der Waals surface area contributed by atoms with Crippen molar-refractivity contribution in [3.05, 3.63) is 127 Å². The summed E-state index contributed by atoms with van der Waals surface area (Å²) in [5.41, 5.74) is 3.48. The summed E-state index contributed by atoms with van der Waals surface area (Å²) in [5, 5.41) is 7.98. The topological polar surface area (TPSA) is 3.24 Å². The molecule has 34 heavy (non-hydrogen) atoms. The van der Waals surface area contributed by atoms with Gasteiger partial charge in [0, 0.05) is 42.6 Å². The molecule has 1 aromatic heterocycles. The van der Waals surface area contributed by atoms with Gasteiger partial charge in [0.2, 0.25) is 0 Å². The normalized spacial score (nSPS) is 11.5. The molecule has 0 saturated heterocycles. The second-order valence-electron chi connectivity index (χ2n) is 8.58. The monoisotopic (exact) mass is 451 g/mol. The Morgan fingerprint density at radius 2 is 0.941 bits per heavy atom. The SMILES string of the molecule is c1ccc(N(c2ccccc2)c2ccc3sc4c5ccccc5c5ccccc5c4c3c2)cc1. The van der Waals surface area contributed by atoms with Gasteiger partial charge in [0.05, 0.1) is 0 Å². The largest absolute Gasteiger partial charge is 0.310 e. The van der Waals surface area contributed by atoms with Crippen LogP contribution in [0.1, 0.15) is 0 Å². The van der Waals surface area contributed by atoms with E-state index in [1.165, 1.54) is 47.4 Å². The number of hydrogen-bond donors (Lipinski definition) is 0. The van der Waals surface area contributed by atoms with E-state index < -0.39 is 0 Å². The lowest BCUT2D eigenvalue weighted by Gasteiger charge is -2.25. The quantitative estimate of drug-likeness (QED) is 0.242. The maximum atomic E-state index is 2.37. The molecule has 0 aliphatic carbocycles. The second kappa shape index (κ2) is 7.72. The molecule has 0 N–H and O–H groups in total. The summed E-state index contributed by atoms with van der Waals surface area (Å²) in [4.78, 5) is 2.34. The van der Waals surface area contributed by atoms with Crippen molar-refractivity contribution in [2.75, 3.05) is 4.90 Å². The Balaban J connectivity index is 1.57. The number of hydrogen-bond acceptors (Lipinski definition) is 2. The minimum atomic E-state index is 1.16. The molecule has 7 aromatic rings. The van der Waals surface area contributed by atoms with E-state index in [2.05, 4.69) is 132 Å². The molecular formula is C32H21NS. The van der Waals surface area contributed by atoms with Crippen LogP contribution in [0.25, 0.3) is 41.7 Å². The molecule has 7 rings (SSSR count). The highest BCUT2D eigenvalue weighted by molar-refractivity contribution is 7.27. The highest BCUT2D eigenvalue weighted by Gasteiger charge is 2.17. The second-order valence-corrected chi connectivity index (χ2v) is 9.64. The Morgan fingerprint density at radius 3 is 1.59 bits per heavy atom. The predicted molar refractivity (Wildman–Crippen MR) is 149 cm³/mol. The van der Waals surface area contributed by atoms with Gasteiger partial charge in [-0.3, -0.25) is 0 Å². The van der Waals surface area contributed by atoms with Crippen LogP contribution in [0.5, 0.6) is 0 Å². The van der Waals surface area contributed by atoms with Crippen molar-refractivity contribution in [1.29, 1.82) is 0 Å². The van der Waals surface area contributed by atoms with Gasteiger partial charge < -0.3 is 4.90 Å². The molecule has 1 heterocycles. The Hall–Kier alpha value is -4.14. The van der Waals surface area contributed by atoms with Crippen LogP contribution in [-0.4, -0.2) is 0 Å². The Bertz CT molecular complexity index is 1760. The van der Waals surface area contributed by atoms with Crippen molar-refractivity contribution in [3.63, 3.8) is 0 Å². The maximum absolute atomic E-state index is 2.37. The van der Waals surface area contributed by atoms with Gasteiger partial charge >= 0.3 is 0 Å². The molecule has 0 radical (unpaired) electrons. The van der Waals surface area contributed by atoms with Crippen LogP contribution in [0.4, 0.5) is 17.1 Å². The van der Waals surface area contributed by atoms with E-state index in [0.29, 0.717) is 0 Å². The number of benzene rings is 6. The van der Waals surface area contributed by atoms with Crippen LogP contribution in [0, 0.1) is 0 Å². The minimum Gasteiger partial charge on any atom is -0.310 e. The van der Waals surface area contributed by atoms with E-state index >= 15 is 0 Å². The van der Waals surface area contributed by atoms with E-state index in [9.17, 15) is 0 Å². The number of para-hydroxylation sites is 2. The van der Waals surface area contributed by atoms with E-state index in [-0.39, 0.29) is 0 Å². The third-order valence-electron chi connectivity index (χ3n) is 6.62. The van der Waals surface area contributed by atoms with Crippen molar-refractivity contribution in [2.24, 2.45) is 0 Å². The molecule has 0 atom stereocenters. The van der Waals surface area contributed by atoms with Crippen molar-refractivity contribution in [3.8, 4) is 0 Å². The summed E-state index contributed by atoms with van der Waals surface area (Å²) < 4.78 is 2.69. The number of fused-ring (bicyclic) bond motifs is 8. The highest BCUT2D eigenvalue weighted by atomic mass is 32.1. The third-order valence-corrected chi connectivity index (χ3v) is 7.82. The average molecular weight is 452 g/mol. The molecule has 1 nitrogen and oxygen atoms in total. The predicted octanol–water partition coefficient (Wildman–Crippen LogP) is 9.83. The Labute approximate surface area is 202 Å². The number of nitrogens with zero attached hydrogens (tertiary/aromatic N) is 1. The molecule has 6 aromatic carbocycles. The van der Waals surface area contributed by atoms with Gasteiger partial charge in [0.1, 0.15) is 0 Å². The zero-order valence-electron chi connectivity index (χ0n) is 18.5. The summed E-state index contributed by atoms with van der Waals surface area (Å²) >= 11 is 1.90. The molecule has 0 unspecified atom stereocenters. The standard InChI is InChI=1S/C32H21NS/c1-3-11-22(12-4-1)33(23-13-5-2-6-14-23)24-19-20-30-29(21-24)31-27-17-9-7-15-25(27)26-16-8-10-18-28(26)32(31)34-30/h1-21H. The molecule has 0 saturated carbocycles. The zero-order valence-corrected chi connectivity index (χ0v) is 19.3. The van der Waals surface area contributed by atoms with Crippen LogP contribution in [-0.2, 0) is 0 Å². The van der Waals surface area contributed by atoms with Gasteiger partial charge in [-0.1, -0.05) is 84.9 Å². The summed E-state index contributed by atoms with van der Waals surface area (Å²) in [5.74, 6) is 0. The van der Waals surface area contributed by atoms with Crippen LogP contribution in [0.3, 0.4) is 0 Å². The molecule has 2 heteroatoms. The summed E-state index contributed by atoms with van der Waals surface area (Å²) in [6.45, 7) is 0. The summed E-state index contributed by atoms with van der Waals surface area (Å²) in [7, 11) is 0. The number of anilines is 3. The van der Waals surface area contributed by atoms with Gasteiger partial charge in [-0.15, -0.1) is 11.3 Å². The molecule has 0 aliphatic rings. The number of thiophene rings is 1. The Morgan fingerprint density at radius 1 is 0.412 bits per heavy atom. The highest BCUT2D eigenvalue weighted by Crippen LogP contribution is 2.46. The lowest BCUT2D eigenvalue weighted by molar-refractivity contribution is 1.29. The van der Waals surface area contributed by atoms with E-state index in [0.717, 1.165) is 11.4 Å². The fourth-order valence-corrected chi connectivity index (χ4v) is 6.37. The van der Waals surface area contributed by atoms with Crippen LogP contribution in [0.15, 0.2) is 127 Å². The first kappa shape index (κ1) is 19.3. The molecule has 0 spiro atoms. The average Bonchev–Trinajstić information content (AvgIpc) is 3.30. The molecule has 0 fully saturated rings. The van der Waals surface area contributed by atoms with Gasteiger partial charge in [-0.2, -0.15) is 0 Å². The summed E-state index contributed by atoms with van der Waals surface area (Å²) in [6, 6.07) is 45.8. The number of rotatable bonds is 3. The van der Waals surface area contributed by atoms with E-state index in [1.807, 2.05) is 11.3 Å². The lowest BCUT2D eigenvalue weighted by atomic mass is 9.97. The first-order chi connectivity index (χ1) is 16.9. The van der Waals surface area contributed by atoms with Crippen molar-refractivity contribution in [1.82, 2.24) is 0 Å². The van der Waals surface area contributed by atoms with E-state index in [1.54, 1.807) is 0 Å². The molecule has 0 amide bonds. The third kappa shape index (κ3) is 2.93. The molecule has 160 valence electrons. The molecule has 0 bridgehead atoms. The van der Waals surface area contributed by atoms with Gasteiger partial charge in [-0.25, -0.2) is 0 Å². The van der Waals surface area contributed by atoms with Crippen LogP contribution >= 0.6 is 11.3 Å². The zero-order chi connectivity index (χ0) is 22.5. The Kier molecular flexibility index (Phi) is 4.39. The fraction of sp³-hybridized carbons (Fsp3) is 0.